The molecule has 1 rings (SSSR count). The summed E-state index contributed by atoms with van der Waals surface area (Å²) >= 11 is 0. The molecule has 6 heteroatoms. The number of carboxylic acid groups (broad SMARTS) is 1. The highest BCUT2D eigenvalue weighted by Gasteiger charge is 2.34. The molecular formula is C21H33NO5. The van der Waals surface area contributed by atoms with E-state index in [-0.39, 0.29) is 29.1 Å². The van der Waals surface area contributed by atoms with Crippen LogP contribution in [0.3, 0.4) is 0 Å². The highest BCUT2D eigenvalue weighted by molar-refractivity contribution is 5.91. The number of nitrogens with two attached hydrogens (primary N) is 1. The maximum absolute atomic E-state index is 12.2. The Hall–Kier alpha value is -2.08. The molecule has 0 spiro atoms. The van der Waals surface area contributed by atoms with E-state index in [9.17, 15) is 14.7 Å². The van der Waals surface area contributed by atoms with Crippen LogP contribution >= 0.6 is 0 Å². The van der Waals surface area contributed by atoms with Gasteiger partial charge in [-0.25, -0.2) is 4.79 Å². The summed E-state index contributed by atoms with van der Waals surface area (Å²) in [7, 11) is 0. The summed E-state index contributed by atoms with van der Waals surface area (Å²) in [4.78, 5) is 23.7. The molecule has 1 aromatic rings. The predicted octanol–water partition coefficient (Wildman–Crippen LogP) is 4.10. The molecule has 6 nitrogen and oxygen atoms in total. The maximum Gasteiger partial charge on any atom is 0.339 e. The zero-order chi connectivity index (χ0) is 21.2. The third kappa shape index (κ3) is 6.86. The van der Waals surface area contributed by atoms with Gasteiger partial charge in [0.05, 0.1) is 6.42 Å². The molecule has 0 aliphatic rings. The van der Waals surface area contributed by atoms with Gasteiger partial charge in [0.2, 0.25) is 0 Å². The molecule has 0 saturated carbocycles. The second-order valence-electron chi connectivity index (χ2n) is 9.56. The molecule has 0 amide bonds. The average Bonchev–Trinajstić information content (AvgIpc) is 2.42. The molecule has 3 N–H and O–H groups in total. The van der Waals surface area contributed by atoms with Gasteiger partial charge >= 0.3 is 11.9 Å². The van der Waals surface area contributed by atoms with Crippen molar-refractivity contribution in [3.63, 3.8) is 0 Å². The van der Waals surface area contributed by atoms with E-state index in [1.807, 2.05) is 20.8 Å². The molecule has 1 atom stereocenters. The van der Waals surface area contributed by atoms with Crippen LogP contribution in [0.4, 0.5) is 0 Å². The lowest BCUT2D eigenvalue weighted by Crippen LogP contribution is -2.44. The van der Waals surface area contributed by atoms with Gasteiger partial charge in [-0.2, -0.15) is 0 Å². The third-order valence-corrected chi connectivity index (χ3v) is 4.12. The first-order chi connectivity index (χ1) is 12.0. The molecule has 0 saturated heterocycles. The van der Waals surface area contributed by atoms with E-state index in [4.69, 9.17) is 15.2 Å². The SMILES string of the molecule is CC(C)(C)OC(=O)CC(C)(C)C(N)Oc1cc(C(C)(C)C)ccc1C(=O)O. The number of carbonyl (C=O) groups excluding carboxylic acids is 1. The standard InChI is InChI=1S/C21H33NO5/c1-19(2,3)13-9-10-14(17(24)25)15(11-13)26-18(22)21(7,8)12-16(23)27-20(4,5)6/h9-11,18H,12,22H2,1-8H3,(H,24,25). The van der Waals surface area contributed by atoms with Crippen LogP contribution in [0.25, 0.3) is 0 Å². The van der Waals surface area contributed by atoms with E-state index in [1.54, 1.807) is 46.8 Å². The topological polar surface area (TPSA) is 98.9 Å². The molecule has 0 aliphatic heterocycles. The van der Waals surface area contributed by atoms with Gasteiger partial charge in [0.1, 0.15) is 16.9 Å². The van der Waals surface area contributed by atoms with Gasteiger partial charge in [0.15, 0.2) is 6.23 Å². The van der Waals surface area contributed by atoms with Crippen LogP contribution in [0, 0.1) is 5.41 Å². The summed E-state index contributed by atoms with van der Waals surface area (Å²) in [6.45, 7) is 15.0. The first-order valence-corrected chi connectivity index (χ1v) is 9.05. The summed E-state index contributed by atoms with van der Waals surface area (Å²) in [5.74, 6) is -1.28. The Labute approximate surface area is 162 Å². The van der Waals surface area contributed by atoms with Crippen LogP contribution in [-0.2, 0) is 14.9 Å². The van der Waals surface area contributed by atoms with Crippen LogP contribution in [-0.4, -0.2) is 28.9 Å². The van der Waals surface area contributed by atoms with Crippen LogP contribution in [0.15, 0.2) is 18.2 Å². The van der Waals surface area contributed by atoms with Crippen molar-refractivity contribution in [3.8, 4) is 5.75 Å². The molecular weight excluding hydrogens is 346 g/mol. The van der Waals surface area contributed by atoms with Crippen LogP contribution in [0.1, 0.15) is 77.7 Å². The number of hydrogen-bond donors (Lipinski definition) is 2. The van der Waals surface area contributed by atoms with Gasteiger partial charge in [-0.05, 0) is 43.9 Å². The number of benzene rings is 1. The molecule has 1 aromatic carbocycles. The largest absolute Gasteiger partial charge is 0.478 e. The molecule has 0 radical (unpaired) electrons. The highest BCUT2D eigenvalue weighted by atomic mass is 16.6. The second kappa shape index (κ2) is 7.89. The first kappa shape index (κ1) is 23.0. The fourth-order valence-corrected chi connectivity index (χ4v) is 2.41. The van der Waals surface area contributed by atoms with Gasteiger partial charge < -0.3 is 14.6 Å². The van der Waals surface area contributed by atoms with E-state index in [0.717, 1.165) is 5.56 Å². The van der Waals surface area contributed by atoms with Crippen LogP contribution in [0.2, 0.25) is 0 Å². The Kier molecular flexibility index (Phi) is 6.71. The lowest BCUT2D eigenvalue weighted by atomic mass is 9.86. The summed E-state index contributed by atoms with van der Waals surface area (Å²) in [5, 5.41) is 9.45. The number of aromatic carboxylic acids is 1. The maximum atomic E-state index is 12.2. The van der Waals surface area contributed by atoms with Crippen LogP contribution < -0.4 is 10.5 Å². The minimum atomic E-state index is -1.09. The lowest BCUT2D eigenvalue weighted by Gasteiger charge is -2.32. The molecule has 0 aliphatic carbocycles. The molecule has 0 aromatic heterocycles. The van der Waals surface area contributed by atoms with E-state index in [1.165, 1.54) is 6.07 Å². The van der Waals surface area contributed by atoms with Crippen molar-refractivity contribution in [1.82, 2.24) is 0 Å². The second-order valence-corrected chi connectivity index (χ2v) is 9.56. The summed E-state index contributed by atoms with van der Waals surface area (Å²) in [5.41, 5.74) is 5.65. The van der Waals surface area contributed by atoms with Crippen LogP contribution in [0.5, 0.6) is 5.75 Å². The Morgan fingerprint density at radius 2 is 1.63 bits per heavy atom. The van der Waals surface area contributed by atoms with Crippen molar-refractivity contribution in [2.75, 3.05) is 0 Å². The molecule has 0 bridgehead atoms. The molecule has 0 fully saturated rings. The van der Waals surface area contributed by atoms with Crippen molar-refractivity contribution >= 4 is 11.9 Å². The number of carbonyl (C=O) groups is 2. The zero-order valence-electron chi connectivity index (χ0n) is 17.7. The van der Waals surface area contributed by atoms with Gasteiger partial charge in [-0.15, -0.1) is 0 Å². The minimum absolute atomic E-state index is 0.0338. The van der Waals surface area contributed by atoms with Crippen molar-refractivity contribution in [2.45, 2.75) is 79.1 Å². The molecule has 1 unspecified atom stereocenters. The Balaban J connectivity index is 3.07. The minimum Gasteiger partial charge on any atom is -0.478 e. The van der Waals surface area contributed by atoms with Gasteiger partial charge in [0, 0.05) is 5.41 Å². The normalized spacial score (nSPS) is 13.8. The number of esters is 1. The van der Waals surface area contributed by atoms with E-state index < -0.39 is 23.2 Å². The van der Waals surface area contributed by atoms with Gasteiger partial charge in [-0.3, -0.25) is 10.5 Å². The van der Waals surface area contributed by atoms with Gasteiger partial charge in [-0.1, -0.05) is 40.7 Å². The van der Waals surface area contributed by atoms with Crippen molar-refractivity contribution in [1.29, 1.82) is 0 Å². The van der Waals surface area contributed by atoms with Crippen molar-refractivity contribution in [2.24, 2.45) is 11.1 Å². The zero-order valence-corrected chi connectivity index (χ0v) is 17.7. The summed E-state index contributed by atoms with van der Waals surface area (Å²) < 4.78 is 11.2. The fourth-order valence-electron chi connectivity index (χ4n) is 2.41. The number of carboxylic acids is 1. The summed E-state index contributed by atoms with van der Waals surface area (Å²) in [6.07, 6.45) is -0.842. The number of hydrogen-bond acceptors (Lipinski definition) is 5. The number of rotatable bonds is 6. The smallest absolute Gasteiger partial charge is 0.339 e. The van der Waals surface area contributed by atoms with Crippen molar-refractivity contribution < 1.29 is 24.2 Å². The van der Waals surface area contributed by atoms with E-state index in [0.29, 0.717) is 0 Å². The first-order valence-electron chi connectivity index (χ1n) is 9.05. The molecule has 152 valence electrons. The Bertz CT molecular complexity index is 696. The fraction of sp³-hybridized carbons (Fsp3) is 0.619. The lowest BCUT2D eigenvalue weighted by molar-refractivity contribution is -0.158. The number of ether oxygens (including phenoxy) is 2. The predicted molar refractivity (Wildman–Crippen MR) is 105 cm³/mol. The van der Waals surface area contributed by atoms with E-state index in [2.05, 4.69) is 0 Å². The average molecular weight is 379 g/mol. The van der Waals surface area contributed by atoms with Gasteiger partial charge in [0.25, 0.3) is 0 Å². The summed E-state index contributed by atoms with van der Waals surface area (Å²) in [6, 6.07) is 4.99. The third-order valence-electron chi connectivity index (χ3n) is 4.12. The molecule has 27 heavy (non-hydrogen) atoms. The Morgan fingerprint density at radius 1 is 1.07 bits per heavy atom. The molecule has 0 heterocycles. The highest BCUT2D eigenvalue weighted by Crippen LogP contribution is 2.32. The monoisotopic (exact) mass is 379 g/mol. The van der Waals surface area contributed by atoms with Crippen molar-refractivity contribution in [3.05, 3.63) is 29.3 Å². The van der Waals surface area contributed by atoms with E-state index >= 15 is 0 Å². The Morgan fingerprint density at radius 3 is 2.07 bits per heavy atom. The quantitative estimate of drug-likeness (QED) is 0.570.